The van der Waals surface area contributed by atoms with Gasteiger partial charge in [0.1, 0.15) is 5.75 Å². The van der Waals surface area contributed by atoms with Crippen molar-refractivity contribution in [2.75, 3.05) is 26.9 Å². The molecule has 0 unspecified atom stereocenters. The first-order chi connectivity index (χ1) is 18.1. The molecule has 2 aromatic carbocycles. The van der Waals surface area contributed by atoms with Crippen LogP contribution in [0.1, 0.15) is 37.8 Å². The maximum absolute atomic E-state index is 12.5. The van der Waals surface area contributed by atoms with E-state index in [0.717, 1.165) is 28.7 Å². The van der Waals surface area contributed by atoms with Gasteiger partial charge in [-0.1, -0.05) is 56.1 Å². The van der Waals surface area contributed by atoms with Gasteiger partial charge in [-0.2, -0.15) is 0 Å². The smallest absolute Gasteiger partial charge is 0.341 e. The highest BCUT2D eigenvalue weighted by Gasteiger charge is 2.15. The normalized spacial score (nSPS) is 10.4. The van der Waals surface area contributed by atoms with E-state index in [1.807, 2.05) is 42.5 Å². The molecule has 38 heavy (non-hydrogen) atoms. The van der Waals surface area contributed by atoms with Crippen molar-refractivity contribution >= 4 is 17.9 Å². The van der Waals surface area contributed by atoms with E-state index >= 15 is 0 Å². The zero-order valence-corrected chi connectivity index (χ0v) is 22.5. The first-order valence-electron chi connectivity index (χ1n) is 12.4. The molecule has 0 N–H and O–H groups in total. The van der Waals surface area contributed by atoms with Gasteiger partial charge in [0.25, 0.3) is 0 Å². The lowest BCUT2D eigenvalue weighted by Gasteiger charge is -2.14. The average Bonchev–Trinajstić information content (AvgIpc) is 2.89. The molecule has 0 radical (unpaired) electrons. The summed E-state index contributed by atoms with van der Waals surface area (Å²) in [5.41, 5.74) is 4.69. The van der Waals surface area contributed by atoms with Crippen molar-refractivity contribution in [1.82, 2.24) is 0 Å². The summed E-state index contributed by atoms with van der Waals surface area (Å²) in [6, 6.07) is 13.7. The van der Waals surface area contributed by atoms with Crippen molar-refractivity contribution in [2.45, 2.75) is 39.5 Å². The number of esters is 3. The van der Waals surface area contributed by atoms with Crippen molar-refractivity contribution in [3.05, 3.63) is 90.0 Å². The zero-order valence-electron chi connectivity index (χ0n) is 22.5. The Kier molecular flexibility index (Phi) is 12.2. The molecule has 0 bridgehead atoms. The third-order valence-electron chi connectivity index (χ3n) is 5.53. The van der Waals surface area contributed by atoms with Crippen molar-refractivity contribution < 1.29 is 33.3 Å². The minimum Gasteiger partial charge on any atom is -0.462 e. The number of benzene rings is 2. The molecule has 0 spiro atoms. The van der Waals surface area contributed by atoms with E-state index in [1.54, 1.807) is 13.8 Å². The topological polar surface area (TPSA) is 88.1 Å². The summed E-state index contributed by atoms with van der Waals surface area (Å²) in [5, 5.41) is 0. The van der Waals surface area contributed by atoms with Crippen molar-refractivity contribution in [3.8, 4) is 16.9 Å². The number of carbonyl (C=O) groups excluding carboxylic acids is 3. The Morgan fingerprint density at radius 3 is 1.84 bits per heavy atom. The molecule has 7 heteroatoms. The molecule has 0 fully saturated rings. The second kappa shape index (κ2) is 15.3. The van der Waals surface area contributed by atoms with E-state index in [9.17, 15) is 14.4 Å². The first kappa shape index (κ1) is 30.3. The lowest BCUT2D eigenvalue weighted by molar-refractivity contribution is -0.139. The summed E-state index contributed by atoms with van der Waals surface area (Å²) in [5.74, 6) is -0.959. The Bertz CT molecular complexity index is 1180. The number of methoxy groups -OCH3 is 1. The fraction of sp³-hybridized carbons (Fsp3) is 0.323. The Morgan fingerprint density at radius 1 is 0.737 bits per heavy atom. The van der Waals surface area contributed by atoms with E-state index in [1.165, 1.54) is 7.11 Å². The predicted molar refractivity (Wildman–Crippen MR) is 147 cm³/mol. The van der Waals surface area contributed by atoms with Crippen LogP contribution < -0.4 is 4.74 Å². The van der Waals surface area contributed by atoms with Crippen LogP contribution in [0, 0.1) is 0 Å². The molecule has 0 aliphatic carbocycles. The van der Waals surface area contributed by atoms with Gasteiger partial charge >= 0.3 is 17.9 Å². The van der Waals surface area contributed by atoms with Crippen LogP contribution in [0.3, 0.4) is 0 Å². The quantitative estimate of drug-likeness (QED) is 0.131. The summed E-state index contributed by atoms with van der Waals surface area (Å²) < 4.78 is 21.0. The van der Waals surface area contributed by atoms with Crippen LogP contribution in [-0.2, 0) is 41.4 Å². The molecule has 2 rings (SSSR count). The van der Waals surface area contributed by atoms with Crippen molar-refractivity contribution in [1.29, 1.82) is 0 Å². The molecular formula is C31H36O7. The van der Waals surface area contributed by atoms with E-state index in [0.29, 0.717) is 42.8 Å². The third kappa shape index (κ3) is 9.82. The van der Waals surface area contributed by atoms with Gasteiger partial charge < -0.3 is 18.9 Å². The summed E-state index contributed by atoms with van der Waals surface area (Å²) in [6.07, 6.45) is 2.57. The third-order valence-corrected chi connectivity index (χ3v) is 5.53. The molecule has 0 aliphatic rings. The van der Waals surface area contributed by atoms with Gasteiger partial charge in [0.2, 0.25) is 0 Å². The van der Waals surface area contributed by atoms with Crippen molar-refractivity contribution in [3.63, 3.8) is 0 Å². The average molecular weight is 521 g/mol. The van der Waals surface area contributed by atoms with Crippen LogP contribution in [-0.4, -0.2) is 44.8 Å². The Morgan fingerprint density at radius 2 is 1.29 bits per heavy atom. The Labute approximate surface area is 224 Å². The van der Waals surface area contributed by atoms with Gasteiger partial charge in [-0.05, 0) is 67.9 Å². The molecule has 0 heterocycles. The monoisotopic (exact) mass is 520 g/mol. The summed E-state index contributed by atoms with van der Waals surface area (Å²) >= 11 is 0. The molecule has 0 aromatic heterocycles. The second-order valence-electron chi connectivity index (χ2n) is 8.99. The molecule has 0 atom stereocenters. The van der Waals surface area contributed by atoms with E-state index in [2.05, 4.69) is 19.7 Å². The van der Waals surface area contributed by atoms with Crippen molar-refractivity contribution in [2.24, 2.45) is 0 Å². The predicted octanol–water partition coefficient (Wildman–Crippen LogP) is 5.57. The van der Waals surface area contributed by atoms with Crippen LogP contribution >= 0.6 is 0 Å². The van der Waals surface area contributed by atoms with Crippen LogP contribution in [0.5, 0.6) is 5.75 Å². The Hall–Kier alpha value is -3.97. The molecule has 7 nitrogen and oxygen atoms in total. The molecule has 0 amide bonds. The molecule has 0 aliphatic heterocycles. The number of ether oxygens (including phenoxy) is 4. The lowest BCUT2D eigenvalue weighted by Crippen LogP contribution is -2.15. The molecule has 2 aromatic rings. The van der Waals surface area contributed by atoms with Crippen LogP contribution in [0.15, 0.2) is 78.9 Å². The van der Waals surface area contributed by atoms with E-state index in [-0.39, 0.29) is 24.8 Å². The molecule has 0 saturated carbocycles. The first-order valence-corrected chi connectivity index (χ1v) is 12.4. The zero-order chi connectivity index (χ0) is 28.1. The van der Waals surface area contributed by atoms with Gasteiger partial charge in [-0.15, -0.1) is 0 Å². The number of aryl methyl sites for hydroxylation is 2. The summed E-state index contributed by atoms with van der Waals surface area (Å²) in [7, 11) is 1.48. The number of hydrogen-bond donors (Lipinski definition) is 0. The van der Waals surface area contributed by atoms with Gasteiger partial charge in [0, 0.05) is 18.3 Å². The second-order valence-corrected chi connectivity index (χ2v) is 8.99. The SMILES string of the molecule is C=C(C)C(=O)OCCCc1ccc(-c2ccc(CCCOC(=O)C(=C)C)c(OC(=O)C(=C)COC)c2)cc1. The maximum atomic E-state index is 12.5. The van der Waals surface area contributed by atoms with Crippen LogP contribution in [0.4, 0.5) is 0 Å². The highest BCUT2D eigenvalue weighted by atomic mass is 16.5. The number of rotatable bonds is 15. The van der Waals surface area contributed by atoms with Gasteiger partial charge in [0.05, 0.1) is 25.4 Å². The molecule has 0 saturated heterocycles. The van der Waals surface area contributed by atoms with Gasteiger partial charge in [-0.25, -0.2) is 14.4 Å². The number of carbonyl (C=O) groups is 3. The fourth-order valence-corrected chi connectivity index (χ4v) is 3.42. The fourth-order valence-electron chi connectivity index (χ4n) is 3.42. The minimum absolute atomic E-state index is 0.0680. The van der Waals surface area contributed by atoms with Gasteiger partial charge in [-0.3, -0.25) is 0 Å². The largest absolute Gasteiger partial charge is 0.462 e. The lowest BCUT2D eigenvalue weighted by atomic mass is 9.99. The highest BCUT2D eigenvalue weighted by molar-refractivity contribution is 5.90. The molecule has 202 valence electrons. The summed E-state index contributed by atoms with van der Waals surface area (Å²) in [4.78, 5) is 35.6. The van der Waals surface area contributed by atoms with Crippen LogP contribution in [0.2, 0.25) is 0 Å². The van der Waals surface area contributed by atoms with Crippen LogP contribution in [0.25, 0.3) is 11.1 Å². The summed E-state index contributed by atoms with van der Waals surface area (Å²) in [6.45, 7) is 14.7. The standard InChI is InChI=1S/C31H36O7/c1-21(2)29(32)36-17-7-9-24-11-13-25(14-12-24)27-16-15-26(10-8-18-37-30(33)22(3)4)28(19-27)38-31(34)23(5)20-35-6/h11-16,19H,1,3,5,7-10,17-18,20H2,2,4,6H3. The van der Waals surface area contributed by atoms with Gasteiger partial charge in [0.15, 0.2) is 0 Å². The number of hydrogen-bond acceptors (Lipinski definition) is 7. The highest BCUT2D eigenvalue weighted by Crippen LogP contribution is 2.29. The maximum Gasteiger partial charge on any atom is 0.341 e. The van der Waals surface area contributed by atoms with E-state index < -0.39 is 11.9 Å². The minimum atomic E-state index is -0.568. The van der Waals surface area contributed by atoms with E-state index in [4.69, 9.17) is 18.9 Å². The Balaban J connectivity index is 2.11. The molecular weight excluding hydrogens is 484 g/mol.